The van der Waals surface area contributed by atoms with Gasteiger partial charge in [-0.05, 0) is 0 Å². The first-order valence-corrected chi connectivity index (χ1v) is 3.14. The van der Waals surface area contributed by atoms with Gasteiger partial charge in [-0.1, -0.05) is 36.4 Å². The molecule has 0 atom stereocenters. The number of hydrogen-bond donors (Lipinski definition) is 0. The van der Waals surface area contributed by atoms with E-state index in [-0.39, 0.29) is 24.8 Å². The molecule has 3 nitrogen and oxygen atoms in total. The van der Waals surface area contributed by atoms with Crippen LogP contribution in [0.15, 0.2) is 36.4 Å². The van der Waals surface area contributed by atoms with Gasteiger partial charge in [0.2, 0.25) is 0 Å². The summed E-state index contributed by atoms with van der Waals surface area (Å²) in [5.41, 5.74) is 0. The average molecular weight is 222 g/mol. The van der Waals surface area contributed by atoms with Crippen molar-refractivity contribution >= 4 is 16.5 Å². The van der Waals surface area contributed by atoms with Crippen molar-refractivity contribution in [2.45, 2.75) is 0 Å². The van der Waals surface area contributed by atoms with Gasteiger partial charge >= 0.3 is 30.5 Å². The van der Waals surface area contributed by atoms with Gasteiger partial charge in [-0.3, -0.25) is 0 Å². The quantitative estimate of drug-likeness (QED) is 0.251. The third kappa shape index (κ3) is 22.6. The van der Waals surface area contributed by atoms with E-state index in [9.17, 15) is 0 Å². The van der Waals surface area contributed by atoms with Crippen LogP contribution >= 0.6 is 0 Å². The summed E-state index contributed by atoms with van der Waals surface area (Å²) in [5, 5.41) is 8.77. The van der Waals surface area contributed by atoms with E-state index >= 15 is 0 Å². The molecular formula is C6H6AlCl2NO2. The molecule has 0 bridgehead atoms. The summed E-state index contributed by atoms with van der Waals surface area (Å²) >= 11 is 1.38. The molecule has 0 aliphatic rings. The van der Waals surface area contributed by atoms with Gasteiger partial charge in [-0.15, -0.1) is 0 Å². The maximum absolute atomic E-state index is 8.77. The van der Waals surface area contributed by atoms with Crippen LogP contribution in [0.1, 0.15) is 0 Å². The molecule has 6 heteroatoms. The predicted octanol–water partition coefficient (Wildman–Crippen LogP) is -4.96. The van der Waals surface area contributed by atoms with E-state index in [0.29, 0.717) is 0 Å². The Balaban J connectivity index is -0.000000124. The number of rotatable bonds is 0. The molecular weight excluding hydrogens is 216 g/mol. The van der Waals surface area contributed by atoms with Crippen LogP contribution < -0.4 is 24.8 Å². The van der Waals surface area contributed by atoms with Crippen LogP contribution in [0, 0.1) is 10.1 Å². The summed E-state index contributed by atoms with van der Waals surface area (Å²) in [5.74, 6) is 0. The SMILES string of the molecule is O=[N+]([O-])[Al+2].[Cl-].[Cl-].c1ccccc1. The van der Waals surface area contributed by atoms with Crippen LogP contribution in [0.25, 0.3) is 0 Å². The van der Waals surface area contributed by atoms with E-state index < -0.39 is 3.91 Å². The number of benzene rings is 1. The molecule has 0 saturated heterocycles. The Hall–Kier alpha value is -0.268. The van der Waals surface area contributed by atoms with Crippen LogP contribution in [0.2, 0.25) is 0 Å². The van der Waals surface area contributed by atoms with E-state index in [2.05, 4.69) is 0 Å². The molecule has 0 radical (unpaired) electrons. The van der Waals surface area contributed by atoms with Crippen molar-refractivity contribution in [1.82, 2.24) is 0 Å². The van der Waals surface area contributed by atoms with E-state index in [0.717, 1.165) is 0 Å². The number of nitrogens with zero attached hydrogens (tertiary/aromatic N) is 1. The molecule has 0 aliphatic carbocycles. The van der Waals surface area contributed by atoms with Gasteiger partial charge < -0.3 is 24.8 Å². The van der Waals surface area contributed by atoms with Crippen molar-refractivity contribution in [3.05, 3.63) is 46.5 Å². The molecule has 0 aliphatic heterocycles. The zero-order valence-corrected chi connectivity index (χ0v) is 8.73. The summed E-state index contributed by atoms with van der Waals surface area (Å²) in [6.45, 7) is 0. The molecule has 0 spiro atoms. The second kappa shape index (κ2) is 13.3. The Bertz CT molecular complexity index is 155. The Morgan fingerprint density at radius 2 is 1.00 bits per heavy atom. The standard InChI is InChI=1S/C6H6.Al.2ClH.NO2/c1-2-4-6-5-3-1;;;;2-1-3/h1-6H;;2*1H;/q;+2;;;/p-2. The predicted molar refractivity (Wildman–Crippen MR) is 39.2 cm³/mol. The molecule has 12 heavy (non-hydrogen) atoms. The van der Waals surface area contributed by atoms with Gasteiger partial charge in [0, 0.05) is 0 Å². The van der Waals surface area contributed by atoms with Crippen LogP contribution in [-0.2, 0) is 0 Å². The van der Waals surface area contributed by atoms with E-state index in [1.807, 2.05) is 36.4 Å². The Kier molecular flexibility index (Phi) is 19.7. The Morgan fingerprint density at radius 3 is 1.08 bits per heavy atom. The van der Waals surface area contributed by atoms with E-state index in [1.165, 1.54) is 16.5 Å². The molecule has 1 rings (SSSR count). The smallest absolute Gasteiger partial charge is 0.0623 e. The van der Waals surface area contributed by atoms with Crippen molar-refractivity contribution in [3.8, 4) is 0 Å². The van der Waals surface area contributed by atoms with Crippen LogP contribution in [0.4, 0.5) is 0 Å². The summed E-state index contributed by atoms with van der Waals surface area (Å²) in [6, 6.07) is 12.0. The Morgan fingerprint density at radius 1 is 0.917 bits per heavy atom. The zero-order valence-electron chi connectivity index (χ0n) is 6.06. The molecule has 1 aromatic carbocycles. The first kappa shape index (κ1) is 17.7. The first-order chi connectivity index (χ1) is 4.73. The van der Waals surface area contributed by atoms with Gasteiger partial charge in [0.1, 0.15) is 0 Å². The average Bonchev–Trinajstić information content (AvgIpc) is 1.90. The van der Waals surface area contributed by atoms with Crippen molar-refractivity contribution in [1.29, 1.82) is 0 Å². The normalized spacial score (nSPS) is 6.17. The Labute approximate surface area is 91.8 Å². The second-order valence-electron chi connectivity index (χ2n) is 1.44. The molecule has 0 heterocycles. The molecule has 0 saturated carbocycles. The van der Waals surface area contributed by atoms with Gasteiger partial charge in [-0.25, -0.2) is 0 Å². The minimum atomic E-state index is -0.583. The fourth-order valence-electron chi connectivity index (χ4n) is 0.385. The van der Waals surface area contributed by atoms with Crippen molar-refractivity contribution in [3.63, 3.8) is 0 Å². The largest absolute Gasteiger partial charge is 1.00 e. The van der Waals surface area contributed by atoms with Gasteiger partial charge in [0.25, 0.3) is 0 Å². The molecule has 0 unspecified atom stereocenters. The monoisotopic (exact) mass is 221 g/mol. The fourth-order valence-corrected chi connectivity index (χ4v) is 0.385. The molecule has 0 amide bonds. The molecule has 64 valence electrons. The zero-order chi connectivity index (χ0) is 7.82. The van der Waals surface area contributed by atoms with E-state index in [4.69, 9.17) is 10.1 Å². The number of halogens is 2. The summed E-state index contributed by atoms with van der Waals surface area (Å²) in [7, 11) is 0. The fraction of sp³-hybridized carbons (Fsp3) is 0. The van der Waals surface area contributed by atoms with E-state index in [1.54, 1.807) is 0 Å². The van der Waals surface area contributed by atoms with Crippen LogP contribution in [0.5, 0.6) is 0 Å². The maximum atomic E-state index is 8.77. The topological polar surface area (TPSA) is 43.1 Å². The summed E-state index contributed by atoms with van der Waals surface area (Å²) < 4.78 is -0.583. The maximum Gasteiger partial charge on any atom is -0.0623 e. The number of nitro groups is 1. The van der Waals surface area contributed by atoms with Crippen LogP contribution in [0.3, 0.4) is 0 Å². The molecule has 0 aromatic heterocycles. The van der Waals surface area contributed by atoms with Gasteiger partial charge in [-0.2, -0.15) is 0 Å². The summed E-state index contributed by atoms with van der Waals surface area (Å²) in [6.07, 6.45) is 0. The molecule has 0 fully saturated rings. The van der Waals surface area contributed by atoms with Crippen molar-refractivity contribution < 1.29 is 28.7 Å². The number of hydrogen-bond acceptors (Lipinski definition) is 2. The summed E-state index contributed by atoms with van der Waals surface area (Å²) in [4.78, 5) is 8.77. The van der Waals surface area contributed by atoms with Gasteiger partial charge in [0.05, 0.1) is 0 Å². The van der Waals surface area contributed by atoms with Crippen molar-refractivity contribution in [2.24, 2.45) is 0 Å². The third-order valence-corrected chi connectivity index (χ3v) is 0.667. The minimum absolute atomic E-state index is 0. The third-order valence-electron chi connectivity index (χ3n) is 0.667. The van der Waals surface area contributed by atoms with Gasteiger partial charge in [0.15, 0.2) is 0 Å². The van der Waals surface area contributed by atoms with Crippen LogP contribution in [-0.4, -0.2) is 20.4 Å². The molecule has 0 N–H and O–H groups in total. The second-order valence-corrected chi connectivity index (χ2v) is 1.86. The molecule has 1 aromatic rings. The minimum Gasteiger partial charge on any atom is -1.00 e. The first-order valence-electron chi connectivity index (χ1n) is 2.62. The van der Waals surface area contributed by atoms with Crippen molar-refractivity contribution in [2.75, 3.05) is 0 Å².